The van der Waals surface area contributed by atoms with Gasteiger partial charge in [0, 0.05) is 24.5 Å². The highest BCUT2D eigenvalue weighted by Crippen LogP contribution is 2.32. The summed E-state index contributed by atoms with van der Waals surface area (Å²) in [4.78, 5) is 17.5. The number of amides is 1. The Hall–Kier alpha value is -1.89. The number of thiophene rings is 1. The number of aryl methyl sites for hydroxylation is 1. The Morgan fingerprint density at radius 1 is 1.31 bits per heavy atom. The van der Waals surface area contributed by atoms with Gasteiger partial charge < -0.3 is 14.8 Å². The third-order valence-electron chi connectivity index (χ3n) is 6.00. The minimum atomic E-state index is 0.0452. The molecule has 29 heavy (non-hydrogen) atoms. The maximum Gasteiger partial charge on any atom is 0.261 e. The number of benzene rings is 1. The lowest BCUT2D eigenvalue weighted by Crippen LogP contribution is -2.43. The molecule has 1 aromatic heterocycles. The molecule has 2 atom stereocenters. The van der Waals surface area contributed by atoms with Gasteiger partial charge >= 0.3 is 0 Å². The number of morpholine rings is 1. The van der Waals surface area contributed by atoms with E-state index in [2.05, 4.69) is 35.3 Å². The zero-order chi connectivity index (χ0) is 20.2. The fraction of sp³-hybridized carbons (Fsp3) is 0.522. The summed E-state index contributed by atoms with van der Waals surface area (Å²) in [6.45, 7) is 6.09. The van der Waals surface area contributed by atoms with Gasteiger partial charge in [-0.3, -0.25) is 9.69 Å². The van der Waals surface area contributed by atoms with Crippen molar-refractivity contribution in [1.29, 1.82) is 0 Å². The van der Waals surface area contributed by atoms with Crippen molar-refractivity contribution < 1.29 is 14.3 Å². The van der Waals surface area contributed by atoms with Crippen LogP contribution in [0, 0.1) is 5.92 Å². The molecular formula is C23H30N2O3S. The summed E-state index contributed by atoms with van der Waals surface area (Å²) in [5.74, 6) is 1.61. The summed E-state index contributed by atoms with van der Waals surface area (Å²) in [6, 6.07) is 10.4. The lowest BCUT2D eigenvalue weighted by molar-refractivity contribution is 0.0162. The van der Waals surface area contributed by atoms with Gasteiger partial charge in [-0.25, -0.2) is 0 Å². The van der Waals surface area contributed by atoms with Crippen LogP contribution in [-0.4, -0.2) is 50.8 Å². The van der Waals surface area contributed by atoms with Crippen LogP contribution in [0.4, 0.5) is 0 Å². The van der Waals surface area contributed by atoms with Crippen LogP contribution in [0.25, 0.3) is 0 Å². The molecule has 0 unspecified atom stereocenters. The summed E-state index contributed by atoms with van der Waals surface area (Å²) in [5.41, 5.74) is 2.56. The number of rotatable bonds is 6. The van der Waals surface area contributed by atoms with Crippen molar-refractivity contribution in [1.82, 2.24) is 10.2 Å². The van der Waals surface area contributed by atoms with E-state index in [4.69, 9.17) is 9.47 Å². The van der Waals surface area contributed by atoms with Gasteiger partial charge in [0.15, 0.2) is 0 Å². The molecule has 0 spiro atoms. The molecule has 1 saturated heterocycles. The van der Waals surface area contributed by atoms with Gasteiger partial charge in [0.05, 0.1) is 31.2 Å². The van der Waals surface area contributed by atoms with Crippen LogP contribution >= 0.6 is 11.3 Å². The van der Waals surface area contributed by atoms with E-state index < -0.39 is 0 Å². The summed E-state index contributed by atoms with van der Waals surface area (Å²) in [6.07, 6.45) is 3.43. The maximum absolute atomic E-state index is 12.9. The first-order valence-corrected chi connectivity index (χ1v) is 11.3. The molecule has 2 aromatic rings. The van der Waals surface area contributed by atoms with Crippen LogP contribution in [0.15, 0.2) is 30.3 Å². The molecular weight excluding hydrogens is 384 g/mol. The van der Waals surface area contributed by atoms with Crippen molar-refractivity contribution in [2.75, 3.05) is 40.0 Å². The van der Waals surface area contributed by atoms with Crippen molar-refractivity contribution in [3.63, 3.8) is 0 Å². The van der Waals surface area contributed by atoms with Gasteiger partial charge in [-0.2, -0.15) is 0 Å². The van der Waals surface area contributed by atoms with Crippen LogP contribution < -0.4 is 10.1 Å². The molecule has 1 aliphatic carbocycles. The van der Waals surface area contributed by atoms with Gasteiger partial charge in [0.25, 0.3) is 5.91 Å². The minimum absolute atomic E-state index is 0.0452. The van der Waals surface area contributed by atoms with Gasteiger partial charge in [0.2, 0.25) is 0 Å². The monoisotopic (exact) mass is 414 g/mol. The molecule has 1 aromatic carbocycles. The first-order chi connectivity index (χ1) is 14.1. The quantitative estimate of drug-likeness (QED) is 0.783. The Morgan fingerprint density at radius 2 is 2.07 bits per heavy atom. The fourth-order valence-electron chi connectivity index (χ4n) is 4.27. The first kappa shape index (κ1) is 20.4. The number of hydrogen-bond acceptors (Lipinski definition) is 5. The standard InChI is InChI=1S/C23H30N2O3S/c1-16-3-8-21-18(13-16)14-22(29-21)23(26)24-15-20(25-9-11-28-12-10-25)17-4-6-19(27-2)7-5-17/h4-7,14,16,20H,3,8-13,15H2,1-2H3,(H,24,26)/t16-,20-/m1/s1. The van der Waals surface area contributed by atoms with E-state index in [1.54, 1.807) is 18.4 Å². The second-order valence-corrected chi connectivity index (χ2v) is 9.19. The van der Waals surface area contributed by atoms with Crippen molar-refractivity contribution in [2.45, 2.75) is 32.2 Å². The number of carbonyl (C=O) groups is 1. The highest BCUT2D eigenvalue weighted by atomic mass is 32.1. The summed E-state index contributed by atoms with van der Waals surface area (Å²) >= 11 is 1.67. The number of nitrogens with zero attached hydrogens (tertiary/aromatic N) is 1. The average molecular weight is 415 g/mol. The number of methoxy groups -OCH3 is 1. The average Bonchev–Trinajstić information content (AvgIpc) is 3.18. The van der Waals surface area contributed by atoms with E-state index in [1.807, 2.05) is 12.1 Å². The molecule has 2 heterocycles. The molecule has 2 aliphatic rings. The summed E-state index contributed by atoms with van der Waals surface area (Å²) in [7, 11) is 1.68. The Bertz CT molecular complexity index is 827. The van der Waals surface area contributed by atoms with Crippen LogP contribution in [0.3, 0.4) is 0 Å². The lowest BCUT2D eigenvalue weighted by atomic mass is 9.90. The van der Waals surface area contributed by atoms with Crippen molar-refractivity contribution in [2.24, 2.45) is 5.92 Å². The van der Waals surface area contributed by atoms with E-state index in [0.29, 0.717) is 12.5 Å². The maximum atomic E-state index is 12.9. The van der Waals surface area contributed by atoms with Crippen LogP contribution in [0.2, 0.25) is 0 Å². The number of hydrogen-bond donors (Lipinski definition) is 1. The van der Waals surface area contributed by atoms with Gasteiger partial charge in [-0.1, -0.05) is 19.1 Å². The summed E-state index contributed by atoms with van der Waals surface area (Å²) in [5, 5.41) is 3.20. The molecule has 1 fully saturated rings. The molecule has 5 nitrogen and oxygen atoms in total. The molecule has 6 heteroatoms. The van der Waals surface area contributed by atoms with Crippen molar-refractivity contribution >= 4 is 17.2 Å². The van der Waals surface area contributed by atoms with Crippen LogP contribution in [0.1, 0.15) is 45.1 Å². The Labute approximate surface area is 177 Å². The lowest BCUT2D eigenvalue weighted by Gasteiger charge is -2.35. The predicted molar refractivity (Wildman–Crippen MR) is 116 cm³/mol. The number of ether oxygens (including phenoxy) is 2. The number of carbonyl (C=O) groups excluding carboxylic acids is 1. The zero-order valence-corrected chi connectivity index (χ0v) is 18.1. The van der Waals surface area contributed by atoms with Crippen molar-refractivity contribution in [3.8, 4) is 5.75 Å². The van der Waals surface area contributed by atoms with Crippen LogP contribution in [-0.2, 0) is 17.6 Å². The van der Waals surface area contributed by atoms with E-state index in [0.717, 1.165) is 49.8 Å². The molecule has 0 saturated carbocycles. The molecule has 1 aliphatic heterocycles. The zero-order valence-electron chi connectivity index (χ0n) is 17.3. The highest BCUT2D eigenvalue weighted by molar-refractivity contribution is 7.14. The fourth-order valence-corrected chi connectivity index (χ4v) is 5.39. The molecule has 0 bridgehead atoms. The highest BCUT2D eigenvalue weighted by Gasteiger charge is 2.25. The van der Waals surface area contributed by atoms with Crippen LogP contribution in [0.5, 0.6) is 5.75 Å². The number of fused-ring (bicyclic) bond motifs is 1. The van der Waals surface area contributed by atoms with Gasteiger partial charge in [-0.15, -0.1) is 11.3 Å². The van der Waals surface area contributed by atoms with E-state index >= 15 is 0 Å². The predicted octanol–water partition coefficient (Wildman–Crippen LogP) is 3.68. The van der Waals surface area contributed by atoms with E-state index in [9.17, 15) is 4.79 Å². The molecule has 1 N–H and O–H groups in total. The SMILES string of the molecule is COc1ccc([C@@H](CNC(=O)c2cc3c(s2)CC[C@@H](C)C3)N2CCOCC2)cc1. The van der Waals surface area contributed by atoms with Crippen molar-refractivity contribution in [3.05, 3.63) is 51.2 Å². The normalized spacial score (nSPS) is 20.7. The second kappa shape index (κ2) is 9.28. The third kappa shape index (κ3) is 4.82. The van der Waals surface area contributed by atoms with Gasteiger partial charge in [0.1, 0.15) is 5.75 Å². The van der Waals surface area contributed by atoms with E-state index in [-0.39, 0.29) is 11.9 Å². The molecule has 1 amide bonds. The third-order valence-corrected chi connectivity index (χ3v) is 7.23. The Morgan fingerprint density at radius 3 is 2.79 bits per heavy atom. The Kier molecular flexibility index (Phi) is 6.53. The second-order valence-electron chi connectivity index (χ2n) is 8.05. The smallest absolute Gasteiger partial charge is 0.261 e. The molecule has 4 rings (SSSR count). The van der Waals surface area contributed by atoms with Gasteiger partial charge in [-0.05, 0) is 54.5 Å². The summed E-state index contributed by atoms with van der Waals surface area (Å²) < 4.78 is 10.8. The molecule has 0 radical (unpaired) electrons. The number of nitrogens with one attached hydrogen (secondary N) is 1. The minimum Gasteiger partial charge on any atom is -0.497 e. The topological polar surface area (TPSA) is 50.8 Å². The molecule has 156 valence electrons. The Balaban J connectivity index is 1.46. The van der Waals surface area contributed by atoms with E-state index in [1.165, 1.54) is 22.4 Å². The first-order valence-electron chi connectivity index (χ1n) is 10.5. The largest absolute Gasteiger partial charge is 0.497 e.